The summed E-state index contributed by atoms with van der Waals surface area (Å²) >= 11 is 7.91. The van der Waals surface area contributed by atoms with E-state index in [4.69, 9.17) is 21.3 Å². The van der Waals surface area contributed by atoms with Crippen molar-refractivity contribution in [3.05, 3.63) is 59.1 Å². The Morgan fingerprint density at radius 2 is 1.93 bits per heavy atom. The zero-order valence-electron chi connectivity index (χ0n) is 14.7. The highest BCUT2D eigenvalue weighted by Crippen LogP contribution is 2.38. The molecular weight excluding hydrogens is 404 g/mol. The van der Waals surface area contributed by atoms with E-state index in [9.17, 15) is 8.42 Å². The Morgan fingerprint density at radius 1 is 1.19 bits per heavy atom. The molecule has 0 bridgehead atoms. The number of sulfone groups is 1. The zero-order chi connectivity index (χ0) is 19.0. The van der Waals surface area contributed by atoms with E-state index in [1.54, 1.807) is 18.9 Å². The molecule has 2 aromatic rings. The molecule has 2 atom stereocenters. The number of amidine groups is 1. The average Bonchev–Trinajstić information content (AvgIpc) is 3.14. The Balaban J connectivity index is 1.67. The van der Waals surface area contributed by atoms with Crippen molar-refractivity contribution in [3.8, 4) is 5.75 Å². The number of anilines is 1. The van der Waals surface area contributed by atoms with E-state index in [1.165, 1.54) is 0 Å². The van der Waals surface area contributed by atoms with Crippen molar-refractivity contribution in [1.82, 2.24) is 0 Å². The van der Waals surface area contributed by atoms with E-state index in [0.29, 0.717) is 11.6 Å². The van der Waals surface area contributed by atoms with Gasteiger partial charge in [0, 0.05) is 16.0 Å². The predicted octanol–water partition coefficient (Wildman–Crippen LogP) is 3.62. The average molecular weight is 423 g/mol. The van der Waals surface area contributed by atoms with E-state index in [2.05, 4.69) is 4.90 Å². The Bertz CT molecular complexity index is 977. The smallest absolute Gasteiger partial charge is 0.164 e. The molecule has 2 aliphatic rings. The van der Waals surface area contributed by atoms with Gasteiger partial charge in [0.2, 0.25) is 0 Å². The molecule has 0 radical (unpaired) electrons. The van der Waals surface area contributed by atoms with E-state index in [0.717, 1.165) is 22.2 Å². The van der Waals surface area contributed by atoms with Crippen LogP contribution in [0, 0.1) is 0 Å². The predicted molar refractivity (Wildman–Crippen MR) is 112 cm³/mol. The molecule has 2 aromatic carbocycles. The number of fused-ring (bicyclic) bond motifs is 1. The summed E-state index contributed by atoms with van der Waals surface area (Å²) in [7, 11) is -1.34. The van der Waals surface area contributed by atoms with E-state index < -0.39 is 9.84 Å². The van der Waals surface area contributed by atoms with Gasteiger partial charge in [-0.15, -0.1) is 0 Å². The van der Waals surface area contributed by atoms with E-state index >= 15 is 0 Å². The van der Waals surface area contributed by atoms with Crippen LogP contribution in [0.3, 0.4) is 0 Å². The van der Waals surface area contributed by atoms with Crippen LogP contribution in [0.5, 0.6) is 5.75 Å². The quantitative estimate of drug-likeness (QED) is 0.753. The van der Waals surface area contributed by atoms with Gasteiger partial charge in [-0.2, -0.15) is 0 Å². The lowest BCUT2D eigenvalue weighted by Crippen LogP contribution is -2.28. The van der Waals surface area contributed by atoms with Crippen molar-refractivity contribution in [1.29, 1.82) is 0 Å². The molecule has 2 aliphatic heterocycles. The molecule has 0 aliphatic carbocycles. The minimum absolute atomic E-state index is 0.00278. The lowest BCUT2D eigenvalue weighted by atomic mass is 10.2. The van der Waals surface area contributed by atoms with E-state index in [1.807, 2.05) is 48.5 Å². The second-order valence-corrected chi connectivity index (χ2v) is 10.4. The molecule has 1 fully saturated rings. The molecule has 2 heterocycles. The second-order valence-electron chi connectivity index (χ2n) is 6.59. The number of aliphatic imine (C=N–C) groups is 1. The van der Waals surface area contributed by atoms with Crippen molar-refractivity contribution in [2.75, 3.05) is 23.5 Å². The van der Waals surface area contributed by atoms with Gasteiger partial charge < -0.3 is 9.64 Å². The maximum atomic E-state index is 11.9. The van der Waals surface area contributed by atoms with Crippen LogP contribution >= 0.6 is 23.4 Å². The maximum Gasteiger partial charge on any atom is 0.164 e. The molecule has 4 rings (SSSR count). The first-order valence-corrected chi connectivity index (χ1v) is 11.6. The Hall–Kier alpha value is -1.70. The Morgan fingerprint density at radius 3 is 2.59 bits per heavy atom. The van der Waals surface area contributed by atoms with Crippen LogP contribution in [0.1, 0.15) is 5.56 Å². The number of benzene rings is 2. The number of nitrogens with zero attached hydrogens (tertiary/aromatic N) is 2. The molecule has 0 N–H and O–H groups in total. The van der Waals surface area contributed by atoms with Crippen LogP contribution in [0.25, 0.3) is 0 Å². The minimum atomic E-state index is -2.98. The summed E-state index contributed by atoms with van der Waals surface area (Å²) in [6, 6.07) is 15.3. The third-order valence-corrected chi connectivity index (χ3v) is 8.32. The van der Waals surface area contributed by atoms with Gasteiger partial charge in [0.05, 0.1) is 31.2 Å². The number of methoxy groups -OCH3 is 1. The lowest BCUT2D eigenvalue weighted by Gasteiger charge is -2.25. The van der Waals surface area contributed by atoms with Crippen molar-refractivity contribution in [3.63, 3.8) is 0 Å². The second kappa shape index (κ2) is 7.37. The minimum Gasteiger partial charge on any atom is -0.497 e. The number of rotatable bonds is 4. The largest absolute Gasteiger partial charge is 0.497 e. The number of hydrogen-bond acceptors (Lipinski definition) is 6. The molecule has 27 heavy (non-hydrogen) atoms. The highest BCUT2D eigenvalue weighted by Gasteiger charge is 2.44. The third kappa shape index (κ3) is 3.95. The third-order valence-electron chi connectivity index (χ3n) is 4.71. The normalized spacial score (nSPS) is 23.0. The molecule has 0 amide bonds. The SMILES string of the molecule is COc1ccc(N(Cc2ccccc2Cl)C2=N[C@@H]3CS(=O)(=O)C[C@@H]3S2)cc1. The van der Waals surface area contributed by atoms with Gasteiger partial charge >= 0.3 is 0 Å². The number of hydrogen-bond donors (Lipinski definition) is 0. The standard InChI is InChI=1S/C19H19ClN2O3S2/c1-25-15-8-6-14(7-9-15)22(10-13-4-2-3-5-16(13)20)19-21-17-11-27(23,24)12-18(17)26-19/h2-9,17-18H,10-12H2,1H3/t17-,18+/m1/s1. The summed E-state index contributed by atoms with van der Waals surface area (Å²) in [4.78, 5) is 6.84. The lowest BCUT2D eigenvalue weighted by molar-refractivity contribution is 0.415. The monoisotopic (exact) mass is 422 g/mol. The van der Waals surface area contributed by atoms with Gasteiger partial charge in [0.25, 0.3) is 0 Å². The summed E-state index contributed by atoms with van der Waals surface area (Å²) in [6.45, 7) is 0.560. The highest BCUT2D eigenvalue weighted by atomic mass is 35.5. The molecule has 8 heteroatoms. The first-order valence-electron chi connectivity index (χ1n) is 8.55. The first-order chi connectivity index (χ1) is 12.9. The van der Waals surface area contributed by atoms with Gasteiger partial charge in [-0.1, -0.05) is 41.6 Å². The molecule has 0 unspecified atom stereocenters. The fourth-order valence-corrected chi connectivity index (χ4v) is 7.28. The Kier molecular flexibility index (Phi) is 5.09. The van der Waals surface area contributed by atoms with Crippen molar-refractivity contribution < 1.29 is 13.2 Å². The van der Waals surface area contributed by atoms with Crippen molar-refractivity contribution in [2.24, 2.45) is 4.99 Å². The molecule has 0 spiro atoms. The van der Waals surface area contributed by atoms with Gasteiger partial charge in [0.1, 0.15) is 5.75 Å². The van der Waals surface area contributed by atoms with Gasteiger partial charge in [-0.3, -0.25) is 4.99 Å². The van der Waals surface area contributed by atoms with E-state index in [-0.39, 0.29) is 22.8 Å². The van der Waals surface area contributed by atoms with Crippen LogP contribution in [-0.2, 0) is 16.4 Å². The van der Waals surface area contributed by atoms with Crippen LogP contribution < -0.4 is 9.64 Å². The van der Waals surface area contributed by atoms with Crippen LogP contribution in [0.2, 0.25) is 5.02 Å². The Labute approximate surface area is 168 Å². The topological polar surface area (TPSA) is 59.0 Å². The molecular formula is C19H19ClN2O3S2. The molecule has 142 valence electrons. The van der Waals surface area contributed by atoms with Gasteiger partial charge in [0.15, 0.2) is 15.0 Å². The summed E-state index contributed by atoms with van der Waals surface area (Å²) in [6.07, 6.45) is 0. The summed E-state index contributed by atoms with van der Waals surface area (Å²) in [5.41, 5.74) is 1.95. The highest BCUT2D eigenvalue weighted by molar-refractivity contribution is 8.15. The van der Waals surface area contributed by atoms with Crippen molar-refractivity contribution in [2.45, 2.75) is 17.8 Å². The van der Waals surface area contributed by atoms with Crippen LogP contribution in [0.4, 0.5) is 5.69 Å². The fourth-order valence-electron chi connectivity index (χ4n) is 3.30. The van der Waals surface area contributed by atoms with Gasteiger partial charge in [-0.25, -0.2) is 8.42 Å². The number of ether oxygens (including phenoxy) is 1. The van der Waals surface area contributed by atoms with Crippen molar-refractivity contribution >= 4 is 44.1 Å². The maximum absolute atomic E-state index is 11.9. The first kappa shape index (κ1) is 18.7. The summed E-state index contributed by atoms with van der Waals surface area (Å²) in [5, 5.41) is 1.53. The molecule has 0 saturated carbocycles. The summed E-state index contributed by atoms with van der Waals surface area (Å²) in [5.74, 6) is 1.11. The fraction of sp³-hybridized carbons (Fsp3) is 0.316. The molecule has 1 saturated heterocycles. The summed E-state index contributed by atoms with van der Waals surface area (Å²) < 4.78 is 29.0. The number of thioether (sulfide) groups is 1. The molecule has 5 nitrogen and oxygen atoms in total. The van der Waals surface area contributed by atoms with Crippen LogP contribution in [-0.4, -0.2) is 43.5 Å². The van der Waals surface area contributed by atoms with Gasteiger partial charge in [-0.05, 0) is 35.9 Å². The van der Waals surface area contributed by atoms with Crippen LogP contribution in [0.15, 0.2) is 53.5 Å². The number of halogens is 1. The molecule has 0 aromatic heterocycles. The zero-order valence-corrected chi connectivity index (χ0v) is 17.1.